The van der Waals surface area contributed by atoms with E-state index in [-0.39, 0.29) is 6.04 Å². The Morgan fingerprint density at radius 3 is 2.63 bits per heavy atom. The van der Waals surface area contributed by atoms with Crippen molar-refractivity contribution in [3.8, 4) is 0 Å². The van der Waals surface area contributed by atoms with Crippen molar-refractivity contribution in [3.05, 3.63) is 45.6 Å². The molecule has 0 fully saturated rings. The van der Waals surface area contributed by atoms with Crippen LogP contribution in [0.5, 0.6) is 0 Å². The first-order chi connectivity index (χ1) is 8.97. The number of primary amides is 1. The maximum atomic E-state index is 11.4. The van der Waals surface area contributed by atoms with E-state index in [0.29, 0.717) is 16.9 Å². The first-order valence-corrected chi connectivity index (χ1v) is 6.81. The number of anilines is 2. The average molecular weight is 275 g/mol. The van der Waals surface area contributed by atoms with Crippen LogP contribution in [0.4, 0.5) is 11.4 Å². The highest BCUT2D eigenvalue weighted by molar-refractivity contribution is 7.12. The fraction of sp³-hybridized carbons (Fsp3) is 0.214. The number of benzene rings is 1. The summed E-state index contributed by atoms with van der Waals surface area (Å²) in [4.78, 5) is 13.9. The van der Waals surface area contributed by atoms with Crippen LogP contribution in [0, 0.1) is 6.92 Å². The quantitative estimate of drug-likeness (QED) is 0.750. The molecular formula is C14H17N3OS. The lowest BCUT2D eigenvalue weighted by Crippen LogP contribution is -2.16. The number of hydrogen-bond acceptors (Lipinski definition) is 4. The second-order valence-corrected chi connectivity index (χ2v) is 5.80. The highest BCUT2D eigenvalue weighted by atomic mass is 32.1. The minimum Gasteiger partial charge on any atom is -0.399 e. The van der Waals surface area contributed by atoms with Crippen LogP contribution < -0.4 is 16.8 Å². The Morgan fingerprint density at radius 1 is 1.32 bits per heavy atom. The molecule has 1 amide bonds. The van der Waals surface area contributed by atoms with E-state index in [1.807, 2.05) is 6.92 Å². The molecule has 1 aromatic heterocycles. The summed E-state index contributed by atoms with van der Waals surface area (Å²) in [5.74, 6) is -0.482. The Bertz CT molecular complexity index is 606. The molecule has 2 rings (SSSR count). The van der Waals surface area contributed by atoms with Gasteiger partial charge in [-0.1, -0.05) is 0 Å². The van der Waals surface area contributed by atoms with Crippen LogP contribution in [0.15, 0.2) is 30.3 Å². The predicted octanol–water partition coefficient (Wildman–Crippen LogP) is 2.91. The summed E-state index contributed by atoms with van der Waals surface area (Å²) in [7, 11) is 0. The van der Waals surface area contributed by atoms with Crippen LogP contribution in [-0.2, 0) is 0 Å². The van der Waals surface area contributed by atoms with Crippen LogP contribution in [0.25, 0.3) is 0 Å². The van der Waals surface area contributed by atoms with E-state index in [0.717, 1.165) is 0 Å². The number of amides is 1. The Hall–Kier alpha value is -2.01. The van der Waals surface area contributed by atoms with Gasteiger partial charge in [0.15, 0.2) is 0 Å². The van der Waals surface area contributed by atoms with Crippen molar-refractivity contribution in [3.63, 3.8) is 0 Å². The molecule has 0 radical (unpaired) electrons. The van der Waals surface area contributed by atoms with E-state index in [2.05, 4.69) is 24.4 Å². The summed E-state index contributed by atoms with van der Waals surface area (Å²) in [6.07, 6.45) is 0. The molecule has 1 heterocycles. The number of thiophene rings is 1. The molecule has 0 spiro atoms. The molecule has 19 heavy (non-hydrogen) atoms. The number of aryl methyl sites for hydroxylation is 1. The van der Waals surface area contributed by atoms with Crippen molar-refractivity contribution in [2.75, 3.05) is 11.1 Å². The smallest absolute Gasteiger partial charge is 0.250 e. The fourth-order valence-electron chi connectivity index (χ4n) is 1.88. The topological polar surface area (TPSA) is 81.1 Å². The van der Waals surface area contributed by atoms with Gasteiger partial charge in [-0.3, -0.25) is 4.79 Å². The number of nitrogens with two attached hydrogens (primary N) is 2. The second kappa shape index (κ2) is 5.32. The van der Waals surface area contributed by atoms with Crippen molar-refractivity contribution < 1.29 is 4.79 Å². The molecular weight excluding hydrogens is 258 g/mol. The molecule has 0 aliphatic carbocycles. The van der Waals surface area contributed by atoms with Gasteiger partial charge in [0, 0.05) is 21.1 Å². The van der Waals surface area contributed by atoms with Gasteiger partial charge >= 0.3 is 0 Å². The summed E-state index contributed by atoms with van der Waals surface area (Å²) in [6.45, 7) is 4.12. The molecule has 0 bridgehead atoms. The molecule has 2 aromatic rings. The minimum absolute atomic E-state index is 0.112. The van der Waals surface area contributed by atoms with Crippen LogP contribution in [0.3, 0.4) is 0 Å². The minimum atomic E-state index is -0.482. The van der Waals surface area contributed by atoms with Crippen LogP contribution in [0.2, 0.25) is 0 Å². The molecule has 0 saturated heterocycles. The van der Waals surface area contributed by atoms with Gasteiger partial charge in [-0.05, 0) is 44.2 Å². The molecule has 0 aliphatic heterocycles. The first-order valence-electron chi connectivity index (χ1n) is 5.99. The second-order valence-electron chi connectivity index (χ2n) is 4.48. The monoisotopic (exact) mass is 275 g/mol. The molecule has 4 nitrogen and oxygen atoms in total. The zero-order valence-electron chi connectivity index (χ0n) is 10.9. The molecule has 1 aromatic carbocycles. The van der Waals surface area contributed by atoms with E-state index in [1.54, 1.807) is 29.5 Å². The van der Waals surface area contributed by atoms with E-state index >= 15 is 0 Å². The zero-order chi connectivity index (χ0) is 14.0. The van der Waals surface area contributed by atoms with Gasteiger partial charge in [-0.2, -0.15) is 0 Å². The summed E-state index contributed by atoms with van der Waals surface area (Å²) in [6, 6.07) is 9.40. The lowest BCUT2D eigenvalue weighted by molar-refractivity contribution is 0.100. The maximum absolute atomic E-state index is 11.4. The normalized spacial score (nSPS) is 12.1. The van der Waals surface area contributed by atoms with Gasteiger partial charge in [0.2, 0.25) is 0 Å². The van der Waals surface area contributed by atoms with Crippen molar-refractivity contribution in [1.29, 1.82) is 0 Å². The van der Waals surface area contributed by atoms with E-state index in [9.17, 15) is 4.79 Å². The first kappa shape index (κ1) is 13.4. The molecule has 5 heteroatoms. The third kappa shape index (κ3) is 3.06. The zero-order valence-corrected chi connectivity index (χ0v) is 11.8. The summed E-state index contributed by atoms with van der Waals surface area (Å²) < 4.78 is 0. The van der Waals surface area contributed by atoms with E-state index in [4.69, 9.17) is 11.5 Å². The van der Waals surface area contributed by atoms with Gasteiger partial charge in [-0.15, -0.1) is 11.3 Å². The molecule has 100 valence electrons. The lowest BCUT2D eigenvalue weighted by atomic mass is 10.1. The molecule has 5 N–H and O–H groups in total. The molecule has 1 unspecified atom stereocenters. The van der Waals surface area contributed by atoms with Crippen LogP contribution >= 0.6 is 11.3 Å². The number of nitrogens with one attached hydrogen (secondary N) is 1. The summed E-state index contributed by atoms with van der Waals surface area (Å²) >= 11 is 1.73. The molecule has 0 saturated carbocycles. The Balaban J connectivity index is 2.26. The SMILES string of the molecule is Cc1ccc(C(C)Nc2ccc(N)cc2C(N)=O)s1. The predicted molar refractivity (Wildman–Crippen MR) is 80.5 cm³/mol. The number of carbonyl (C=O) groups excluding carboxylic acids is 1. The summed E-state index contributed by atoms with van der Waals surface area (Å²) in [5, 5.41) is 3.30. The third-order valence-corrected chi connectivity index (χ3v) is 4.05. The highest BCUT2D eigenvalue weighted by Gasteiger charge is 2.13. The highest BCUT2D eigenvalue weighted by Crippen LogP contribution is 2.28. The van der Waals surface area contributed by atoms with Crippen molar-refractivity contribution in [1.82, 2.24) is 0 Å². The van der Waals surface area contributed by atoms with E-state index in [1.165, 1.54) is 9.75 Å². The largest absolute Gasteiger partial charge is 0.399 e. The van der Waals surface area contributed by atoms with Crippen LogP contribution in [-0.4, -0.2) is 5.91 Å². The Morgan fingerprint density at radius 2 is 2.05 bits per heavy atom. The maximum Gasteiger partial charge on any atom is 0.250 e. The summed E-state index contributed by atoms with van der Waals surface area (Å²) in [5.41, 5.74) is 12.7. The number of nitrogen functional groups attached to an aromatic ring is 1. The number of hydrogen-bond donors (Lipinski definition) is 3. The Kier molecular flexibility index (Phi) is 3.76. The standard InChI is InChI=1S/C14H17N3OS/c1-8-3-6-13(19-8)9(2)17-12-5-4-10(15)7-11(12)14(16)18/h3-7,9,17H,15H2,1-2H3,(H2,16,18). The molecule has 1 atom stereocenters. The lowest BCUT2D eigenvalue weighted by Gasteiger charge is -2.16. The fourth-order valence-corrected chi connectivity index (χ4v) is 2.76. The average Bonchev–Trinajstić information content (AvgIpc) is 2.78. The Labute approximate surface area is 116 Å². The number of carbonyl (C=O) groups is 1. The molecule has 0 aliphatic rings. The van der Waals surface area contributed by atoms with Crippen molar-refractivity contribution in [2.45, 2.75) is 19.9 Å². The van der Waals surface area contributed by atoms with Gasteiger partial charge in [0.25, 0.3) is 5.91 Å². The van der Waals surface area contributed by atoms with E-state index < -0.39 is 5.91 Å². The van der Waals surface area contributed by atoms with Crippen molar-refractivity contribution >= 4 is 28.6 Å². The van der Waals surface area contributed by atoms with Crippen molar-refractivity contribution in [2.24, 2.45) is 5.73 Å². The number of rotatable bonds is 4. The van der Waals surface area contributed by atoms with Gasteiger partial charge in [0.05, 0.1) is 11.6 Å². The van der Waals surface area contributed by atoms with Crippen LogP contribution in [0.1, 0.15) is 33.1 Å². The van der Waals surface area contributed by atoms with Gasteiger partial charge in [-0.25, -0.2) is 0 Å². The third-order valence-electron chi connectivity index (χ3n) is 2.87. The van der Waals surface area contributed by atoms with Gasteiger partial charge in [0.1, 0.15) is 0 Å². The van der Waals surface area contributed by atoms with Gasteiger partial charge < -0.3 is 16.8 Å².